The van der Waals surface area contributed by atoms with Crippen molar-refractivity contribution in [3.63, 3.8) is 0 Å². The molecule has 2 heterocycles. The maximum absolute atomic E-state index is 12.2. The summed E-state index contributed by atoms with van der Waals surface area (Å²) in [6.07, 6.45) is 1.40. The van der Waals surface area contributed by atoms with E-state index in [4.69, 9.17) is 21.8 Å². The van der Waals surface area contributed by atoms with Gasteiger partial charge in [0, 0.05) is 13.6 Å². The largest absolute Gasteiger partial charge is 0.452 e. The van der Waals surface area contributed by atoms with Crippen molar-refractivity contribution in [2.75, 3.05) is 13.6 Å². The van der Waals surface area contributed by atoms with Gasteiger partial charge in [0.15, 0.2) is 0 Å². The zero-order chi connectivity index (χ0) is 14.5. The minimum absolute atomic E-state index is 0.113. The topological polar surface area (TPSA) is 59.5 Å². The predicted octanol–water partition coefficient (Wildman–Crippen LogP) is 2.58. The molecule has 6 heteroatoms. The van der Waals surface area contributed by atoms with E-state index >= 15 is 0 Å². The molecular weight excluding hydrogens is 296 g/mol. The molecule has 104 valence electrons. The van der Waals surface area contributed by atoms with Gasteiger partial charge in [0.2, 0.25) is 5.22 Å². The lowest BCUT2D eigenvalue weighted by atomic mass is 10.2. The highest BCUT2D eigenvalue weighted by Gasteiger charge is 2.17. The third-order valence-electron chi connectivity index (χ3n) is 2.58. The van der Waals surface area contributed by atoms with Crippen molar-refractivity contribution in [2.45, 2.75) is 6.54 Å². The Morgan fingerprint density at radius 1 is 1.60 bits per heavy atom. The molecule has 0 saturated carbocycles. The van der Waals surface area contributed by atoms with Gasteiger partial charge in [0.1, 0.15) is 0 Å². The molecule has 0 aliphatic rings. The van der Waals surface area contributed by atoms with Crippen LogP contribution in [0.25, 0.3) is 0 Å². The fourth-order valence-electron chi connectivity index (χ4n) is 1.66. The summed E-state index contributed by atoms with van der Waals surface area (Å²) in [6, 6.07) is 3.51. The SMILES string of the molecule is CN(Cc1csc(C#CCN)c1)C(=O)c1ccoc1Cl. The summed E-state index contributed by atoms with van der Waals surface area (Å²) in [5.41, 5.74) is 6.72. The summed E-state index contributed by atoms with van der Waals surface area (Å²) in [5, 5.41) is 2.09. The Hall–Kier alpha value is -1.74. The number of nitrogens with two attached hydrogens (primary N) is 1. The maximum Gasteiger partial charge on any atom is 0.258 e. The fourth-order valence-corrected chi connectivity index (χ4v) is 2.63. The van der Waals surface area contributed by atoms with Crippen molar-refractivity contribution in [2.24, 2.45) is 5.73 Å². The normalized spacial score (nSPS) is 9.95. The van der Waals surface area contributed by atoms with Gasteiger partial charge in [-0.1, -0.05) is 11.8 Å². The van der Waals surface area contributed by atoms with E-state index in [1.54, 1.807) is 18.0 Å². The minimum atomic E-state index is -0.176. The van der Waals surface area contributed by atoms with Crippen LogP contribution in [0.3, 0.4) is 0 Å². The molecule has 0 aliphatic heterocycles. The summed E-state index contributed by atoms with van der Waals surface area (Å²) in [5.74, 6) is 5.59. The van der Waals surface area contributed by atoms with Gasteiger partial charge in [-0.15, -0.1) is 11.3 Å². The molecule has 0 saturated heterocycles. The van der Waals surface area contributed by atoms with Crippen molar-refractivity contribution >= 4 is 28.8 Å². The number of hydrogen-bond acceptors (Lipinski definition) is 4. The Kier molecular flexibility index (Phi) is 4.85. The zero-order valence-electron chi connectivity index (χ0n) is 10.9. The van der Waals surface area contributed by atoms with Gasteiger partial charge in [-0.2, -0.15) is 0 Å². The molecule has 0 bridgehead atoms. The van der Waals surface area contributed by atoms with E-state index in [9.17, 15) is 4.79 Å². The maximum atomic E-state index is 12.2. The summed E-state index contributed by atoms with van der Waals surface area (Å²) >= 11 is 7.33. The molecule has 2 aromatic heterocycles. The van der Waals surface area contributed by atoms with E-state index in [0.717, 1.165) is 10.4 Å². The third kappa shape index (κ3) is 3.42. The van der Waals surface area contributed by atoms with E-state index < -0.39 is 0 Å². The van der Waals surface area contributed by atoms with Gasteiger partial charge >= 0.3 is 0 Å². The Balaban J connectivity index is 2.04. The summed E-state index contributed by atoms with van der Waals surface area (Å²) in [6.45, 7) is 0.825. The lowest BCUT2D eigenvalue weighted by Gasteiger charge is -2.15. The number of furan rings is 1. The third-order valence-corrected chi connectivity index (χ3v) is 3.77. The Morgan fingerprint density at radius 2 is 2.40 bits per heavy atom. The number of halogens is 1. The average molecular weight is 309 g/mol. The van der Waals surface area contributed by atoms with Crippen LogP contribution >= 0.6 is 22.9 Å². The second-order valence-electron chi connectivity index (χ2n) is 4.09. The molecule has 20 heavy (non-hydrogen) atoms. The Bertz CT molecular complexity index is 666. The predicted molar refractivity (Wildman–Crippen MR) is 79.8 cm³/mol. The number of hydrogen-bond donors (Lipinski definition) is 1. The molecule has 0 unspecified atom stereocenters. The van der Waals surface area contributed by atoms with E-state index in [-0.39, 0.29) is 11.1 Å². The van der Waals surface area contributed by atoms with Crippen LogP contribution in [-0.2, 0) is 6.54 Å². The monoisotopic (exact) mass is 308 g/mol. The molecule has 0 spiro atoms. The van der Waals surface area contributed by atoms with Gasteiger partial charge in [-0.05, 0) is 34.7 Å². The van der Waals surface area contributed by atoms with Gasteiger partial charge in [-0.3, -0.25) is 4.79 Å². The summed E-state index contributed by atoms with van der Waals surface area (Å²) in [4.78, 5) is 14.7. The second kappa shape index (κ2) is 6.62. The van der Waals surface area contributed by atoms with Crippen LogP contribution in [0.15, 0.2) is 28.2 Å². The van der Waals surface area contributed by atoms with E-state index in [0.29, 0.717) is 18.7 Å². The molecule has 0 radical (unpaired) electrons. The Labute approximate surface area is 126 Å². The van der Waals surface area contributed by atoms with Crippen molar-refractivity contribution in [3.05, 3.63) is 45.0 Å². The molecule has 0 atom stereocenters. The average Bonchev–Trinajstić information content (AvgIpc) is 3.04. The molecule has 0 fully saturated rings. The van der Waals surface area contributed by atoms with Gasteiger partial charge in [0.25, 0.3) is 5.91 Å². The molecule has 1 amide bonds. The summed E-state index contributed by atoms with van der Waals surface area (Å²) < 4.78 is 4.92. The van der Waals surface area contributed by atoms with Gasteiger partial charge in [0.05, 0.1) is 23.2 Å². The number of rotatable bonds is 3. The molecule has 0 aliphatic carbocycles. The second-order valence-corrected chi connectivity index (χ2v) is 5.35. The van der Waals surface area contributed by atoms with Crippen LogP contribution in [0, 0.1) is 11.8 Å². The Morgan fingerprint density at radius 3 is 3.05 bits per heavy atom. The lowest BCUT2D eigenvalue weighted by Crippen LogP contribution is -2.25. The molecular formula is C14H13ClN2O2S. The number of amides is 1. The van der Waals surface area contributed by atoms with Crippen LogP contribution in [0.4, 0.5) is 0 Å². The van der Waals surface area contributed by atoms with Crippen LogP contribution < -0.4 is 5.73 Å². The minimum Gasteiger partial charge on any atom is -0.452 e. The number of carbonyl (C=O) groups is 1. The van der Waals surface area contributed by atoms with Crippen LogP contribution in [-0.4, -0.2) is 24.4 Å². The molecule has 4 nitrogen and oxygen atoms in total. The summed E-state index contributed by atoms with van der Waals surface area (Å²) in [7, 11) is 1.72. The van der Waals surface area contributed by atoms with Crippen molar-refractivity contribution in [3.8, 4) is 11.8 Å². The van der Waals surface area contributed by atoms with Crippen molar-refractivity contribution < 1.29 is 9.21 Å². The number of thiophene rings is 1. The standard InChI is InChI=1S/C14H13ClN2O2S/c1-17(14(18)12-4-6-19-13(12)15)8-10-7-11(20-9-10)3-2-5-16/h4,6-7,9H,5,8,16H2,1H3. The van der Waals surface area contributed by atoms with Crippen LogP contribution in [0.5, 0.6) is 0 Å². The first-order chi connectivity index (χ1) is 9.61. The first kappa shape index (κ1) is 14.7. The first-order valence-electron chi connectivity index (χ1n) is 5.86. The fraction of sp³-hybridized carbons (Fsp3) is 0.214. The highest BCUT2D eigenvalue weighted by Crippen LogP contribution is 2.20. The van der Waals surface area contributed by atoms with E-state index in [2.05, 4.69) is 11.8 Å². The molecule has 2 N–H and O–H groups in total. The lowest BCUT2D eigenvalue weighted by molar-refractivity contribution is 0.0785. The van der Waals surface area contributed by atoms with E-state index in [1.807, 2.05) is 11.4 Å². The van der Waals surface area contributed by atoms with Gasteiger partial charge < -0.3 is 15.1 Å². The van der Waals surface area contributed by atoms with Crippen LogP contribution in [0.2, 0.25) is 5.22 Å². The molecule has 2 aromatic rings. The van der Waals surface area contributed by atoms with Crippen LogP contribution in [0.1, 0.15) is 20.8 Å². The van der Waals surface area contributed by atoms with Crippen molar-refractivity contribution in [1.82, 2.24) is 4.90 Å². The zero-order valence-corrected chi connectivity index (χ0v) is 12.4. The first-order valence-corrected chi connectivity index (χ1v) is 7.12. The van der Waals surface area contributed by atoms with Gasteiger partial charge in [-0.25, -0.2) is 0 Å². The highest BCUT2D eigenvalue weighted by molar-refractivity contribution is 7.10. The number of carbonyl (C=O) groups excluding carboxylic acids is 1. The quantitative estimate of drug-likeness (QED) is 0.887. The molecule has 2 rings (SSSR count). The smallest absolute Gasteiger partial charge is 0.258 e. The van der Waals surface area contributed by atoms with E-state index in [1.165, 1.54) is 17.6 Å². The molecule has 0 aromatic carbocycles. The van der Waals surface area contributed by atoms with Crippen molar-refractivity contribution in [1.29, 1.82) is 0 Å². The highest BCUT2D eigenvalue weighted by atomic mass is 35.5. The number of nitrogens with zero attached hydrogens (tertiary/aromatic N) is 1.